The second kappa shape index (κ2) is 5.88. The Morgan fingerprint density at radius 3 is 2.94 bits per heavy atom. The summed E-state index contributed by atoms with van der Waals surface area (Å²) in [4.78, 5) is 2.55. The van der Waals surface area contributed by atoms with E-state index < -0.39 is 0 Å². The molecule has 0 spiro atoms. The van der Waals surface area contributed by atoms with Gasteiger partial charge in [0, 0.05) is 19.0 Å². The van der Waals surface area contributed by atoms with Gasteiger partial charge in [-0.2, -0.15) is 0 Å². The number of piperidine rings is 1. The number of likely N-dealkylation sites (tertiary alicyclic amines) is 1. The quantitative estimate of drug-likeness (QED) is 0.740. The first-order valence-corrected chi connectivity index (χ1v) is 7.07. The molecule has 2 heteroatoms. The summed E-state index contributed by atoms with van der Waals surface area (Å²) in [5.41, 5.74) is 4.24. The highest BCUT2D eigenvalue weighted by atomic mass is 35.5. The van der Waals surface area contributed by atoms with Gasteiger partial charge < -0.3 is 0 Å². The average Bonchev–Trinajstić information content (AvgIpc) is 2.34. The predicted molar refractivity (Wildman–Crippen MR) is 74.6 cm³/mol. The molecule has 0 aromatic heterocycles. The van der Waals surface area contributed by atoms with Gasteiger partial charge in [0.25, 0.3) is 0 Å². The molecule has 0 radical (unpaired) electrons. The minimum atomic E-state index is 0.690. The van der Waals surface area contributed by atoms with E-state index in [2.05, 4.69) is 36.9 Å². The Morgan fingerprint density at radius 2 is 2.18 bits per heavy atom. The van der Waals surface area contributed by atoms with E-state index in [0.29, 0.717) is 5.92 Å². The van der Waals surface area contributed by atoms with Crippen molar-refractivity contribution in [3.05, 3.63) is 34.9 Å². The molecule has 1 heterocycles. The van der Waals surface area contributed by atoms with Crippen LogP contribution in [0.15, 0.2) is 18.2 Å². The maximum Gasteiger partial charge on any atom is 0.0263 e. The lowest BCUT2D eigenvalue weighted by atomic mass is 9.98. The SMILES string of the molecule is Cc1ccc(C)c(CN2CCCC(CCl)C2)c1. The molecule has 1 aliphatic heterocycles. The van der Waals surface area contributed by atoms with Crippen LogP contribution in [-0.2, 0) is 6.54 Å². The molecule has 0 saturated carbocycles. The molecule has 94 valence electrons. The standard InChI is InChI=1S/C15H22ClN/c1-12-5-6-13(2)15(8-12)11-17-7-3-4-14(9-16)10-17/h5-6,8,14H,3-4,7,9-11H2,1-2H3. The maximum atomic E-state index is 5.98. The fourth-order valence-corrected chi connectivity index (χ4v) is 2.88. The van der Waals surface area contributed by atoms with Gasteiger partial charge in [0.1, 0.15) is 0 Å². The van der Waals surface area contributed by atoms with Crippen molar-refractivity contribution in [2.24, 2.45) is 5.92 Å². The number of rotatable bonds is 3. The van der Waals surface area contributed by atoms with Crippen molar-refractivity contribution in [3.63, 3.8) is 0 Å². The number of benzene rings is 1. The maximum absolute atomic E-state index is 5.98. The minimum absolute atomic E-state index is 0.690. The fourth-order valence-electron chi connectivity index (χ4n) is 2.63. The molecule has 1 aromatic carbocycles. The van der Waals surface area contributed by atoms with Crippen molar-refractivity contribution in [2.75, 3.05) is 19.0 Å². The number of hydrogen-bond donors (Lipinski definition) is 0. The van der Waals surface area contributed by atoms with Crippen molar-refractivity contribution >= 4 is 11.6 Å². The van der Waals surface area contributed by atoms with Crippen molar-refractivity contribution in [1.82, 2.24) is 4.90 Å². The molecule has 0 bridgehead atoms. The summed E-state index contributed by atoms with van der Waals surface area (Å²) in [5.74, 6) is 1.50. The zero-order valence-electron chi connectivity index (χ0n) is 10.9. The van der Waals surface area contributed by atoms with E-state index in [-0.39, 0.29) is 0 Å². The normalized spacial score (nSPS) is 21.7. The van der Waals surface area contributed by atoms with Crippen LogP contribution >= 0.6 is 11.6 Å². The van der Waals surface area contributed by atoms with Gasteiger partial charge in [0.05, 0.1) is 0 Å². The number of hydrogen-bond acceptors (Lipinski definition) is 1. The van der Waals surface area contributed by atoms with Crippen LogP contribution in [0.5, 0.6) is 0 Å². The monoisotopic (exact) mass is 251 g/mol. The summed E-state index contributed by atoms with van der Waals surface area (Å²) < 4.78 is 0. The van der Waals surface area contributed by atoms with Crippen LogP contribution in [0.3, 0.4) is 0 Å². The van der Waals surface area contributed by atoms with Crippen LogP contribution in [0.4, 0.5) is 0 Å². The summed E-state index contributed by atoms with van der Waals surface area (Å²) in [6.45, 7) is 7.84. The first kappa shape index (κ1) is 12.9. The summed E-state index contributed by atoms with van der Waals surface area (Å²) in [7, 11) is 0. The van der Waals surface area contributed by atoms with Crippen molar-refractivity contribution < 1.29 is 0 Å². The highest BCUT2D eigenvalue weighted by molar-refractivity contribution is 6.18. The van der Waals surface area contributed by atoms with E-state index in [4.69, 9.17) is 11.6 Å². The molecule has 2 rings (SSSR count). The Bertz CT molecular complexity index is 375. The van der Waals surface area contributed by atoms with E-state index in [0.717, 1.165) is 19.0 Å². The van der Waals surface area contributed by atoms with Gasteiger partial charge >= 0.3 is 0 Å². The van der Waals surface area contributed by atoms with Gasteiger partial charge in [-0.1, -0.05) is 23.8 Å². The minimum Gasteiger partial charge on any atom is -0.299 e. The van der Waals surface area contributed by atoms with E-state index in [1.807, 2.05) is 0 Å². The Balaban J connectivity index is 2.02. The highest BCUT2D eigenvalue weighted by Gasteiger charge is 2.19. The molecular formula is C15H22ClN. The molecule has 1 aliphatic rings. The molecule has 0 aliphatic carbocycles. The smallest absolute Gasteiger partial charge is 0.0263 e. The van der Waals surface area contributed by atoms with Gasteiger partial charge in [0.2, 0.25) is 0 Å². The molecule has 1 aromatic rings. The molecule has 0 amide bonds. The van der Waals surface area contributed by atoms with E-state index in [1.165, 1.54) is 36.1 Å². The van der Waals surface area contributed by atoms with Gasteiger partial charge in [-0.3, -0.25) is 4.90 Å². The van der Waals surface area contributed by atoms with Gasteiger partial charge in [-0.15, -0.1) is 11.6 Å². The Labute approximate surface area is 110 Å². The van der Waals surface area contributed by atoms with Crippen LogP contribution in [0.25, 0.3) is 0 Å². The number of aryl methyl sites for hydroxylation is 2. The second-order valence-electron chi connectivity index (χ2n) is 5.33. The van der Waals surface area contributed by atoms with Crippen LogP contribution in [0.2, 0.25) is 0 Å². The molecule has 17 heavy (non-hydrogen) atoms. The third-order valence-corrected chi connectivity index (χ3v) is 4.16. The summed E-state index contributed by atoms with van der Waals surface area (Å²) in [6.07, 6.45) is 2.59. The first-order chi connectivity index (χ1) is 8.19. The topological polar surface area (TPSA) is 3.24 Å². The Morgan fingerprint density at radius 1 is 1.35 bits per heavy atom. The molecule has 1 nitrogen and oxygen atoms in total. The Kier molecular flexibility index (Phi) is 4.47. The lowest BCUT2D eigenvalue weighted by Crippen LogP contribution is -2.35. The fraction of sp³-hybridized carbons (Fsp3) is 0.600. The molecule has 1 unspecified atom stereocenters. The van der Waals surface area contributed by atoms with Crippen LogP contribution in [-0.4, -0.2) is 23.9 Å². The van der Waals surface area contributed by atoms with Crippen LogP contribution in [0, 0.1) is 19.8 Å². The summed E-state index contributed by atoms with van der Waals surface area (Å²) >= 11 is 5.98. The number of nitrogens with zero attached hydrogens (tertiary/aromatic N) is 1. The molecule has 0 N–H and O–H groups in total. The summed E-state index contributed by atoms with van der Waals surface area (Å²) in [5, 5.41) is 0. The molecule has 1 fully saturated rings. The average molecular weight is 252 g/mol. The van der Waals surface area contributed by atoms with E-state index in [9.17, 15) is 0 Å². The van der Waals surface area contributed by atoms with Crippen LogP contribution in [0.1, 0.15) is 29.5 Å². The Hall–Kier alpha value is -0.530. The second-order valence-corrected chi connectivity index (χ2v) is 5.64. The van der Waals surface area contributed by atoms with Crippen molar-refractivity contribution in [1.29, 1.82) is 0 Å². The lowest BCUT2D eigenvalue weighted by molar-refractivity contribution is 0.178. The molecular weight excluding hydrogens is 230 g/mol. The number of alkyl halides is 1. The van der Waals surface area contributed by atoms with Gasteiger partial charge in [0.15, 0.2) is 0 Å². The van der Waals surface area contributed by atoms with E-state index in [1.54, 1.807) is 0 Å². The molecule has 1 saturated heterocycles. The van der Waals surface area contributed by atoms with Crippen molar-refractivity contribution in [2.45, 2.75) is 33.2 Å². The van der Waals surface area contributed by atoms with E-state index >= 15 is 0 Å². The largest absolute Gasteiger partial charge is 0.299 e. The number of halogens is 1. The predicted octanol–water partition coefficient (Wildman–Crippen LogP) is 3.75. The first-order valence-electron chi connectivity index (χ1n) is 6.53. The summed E-state index contributed by atoms with van der Waals surface area (Å²) in [6, 6.07) is 6.74. The molecule has 1 atom stereocenters. The highest BCUT2D eigenvalue weighted by Crippen LogP contribution is 2.21. The zero-order chi connectivity index (χ0) is 12.3. The zero-order valence-corrected chi connectivity index (χ0v) is 11.6. The van der Waals surface area contributed by atoms with Crippen molar-refractivity contribution in [3.8, 4) is 0 Å². The third-order valence-electron chi connectivity index (χ3n) is 3.72. The third kappa shape index (κ3) is 3.46. The van der Waals surface area contributed by atoms with Gasteiger partial charge in [-0.25, -0.2) is 0 Å². The van der Waals surface area contributed by atoms with Gasteiger partial charge in [-0.05, 0) is 50.3 Å². The van der Waals surface area contributed by atoms with Crippen LogP contribution < -0.4 is 0 Å². The lowest BCUT2D eigenvalue weighted by Gasteiger charge is -2.32.